The molecular weight excluding hydrogens is 250 g/mol. The van der Waals surface area contributed by atoms with E-state index in [0.29, 0.717) is 6.04 Å². The summed E-state index contributed by atoms with van der Waals surface area (Å²) in [5.74, 6) is 2.80. The predicted octanol–water partition coefficient (Wildman–Crippen LogP) is 0.867. The lowest BCUT2D eigenvalue weighted by atomic mass is 9.47. The van der Waals surface area contributed by atoms with E-state index >= 15 is 0 Å². The van der Waals surface area contributed by atoms with Crippen LogP contribution in [0.2, 0.25) is 0 Å². The maximum Gasteiger partial charge on any atom is 0.112 e. The van der Waals surface area contributed by atoms with Crippen LogP contribution in [0.4, 0.5) is 0 Å². The van der Waals surface area contributed by atoms with Gasteiger partial charge in [-0.25, -0.2) is 0 Å². The second-order valence-electron chi connectivity index (χ2n) is 8.28. The number of hydrogen-bond donors (Lipinski definition) is 2. The van der Waals surface area contributed by atoms with Gasteiger partial charge in [-0.2, -0.15) is 0 Å². The molecule has 0 aromatic carbocycles. The minimum atomic E-state index is -0.0935. The summed E-state index contributed by atoms with van der Waals surface area (Å²) in [5, 5.41) is 11.2. The molecule has 4 saturated carbocycles. The minimum Gasteiger partial charge on any atom is -0.386 e. The molecule has 0 unspecified atom stereocenters. The van der Waals surface area contributed by atoms with Crippen LogP contribution in [-0.2, 0) is 4.74 Å². The minimum absolute atomic E-state index is 0.0935. The van der Waals surface area contributed by atoms with E-state index in [9.17, 15) is 5.11 Å². The molecule has 0 radical (unpaired) electrons. The molecule has 1 heterocycles. The quantitative estimate of drug-likeness (QED) is 0.804. The first-order chi connectivity index (χ1) is 9.66. The summed E-state index contributed by atoms with van der Waals surface area (Å²) in [6.45, 7) is 6.17. The lowest BCUT2D eigenvalue weighted by Gasteiger charge is -2.59. The summed E-state index contributed by atoms with van der Waals surface area (Å²) >= 11 is 0. The zero-order chi connectivity index (χ0) is 13.7. The Balaban J connectivity index is 1.51. The second-order valence-corrected chi connectivity index (χ2v) is 8.28. The van der Waals surface area contributed by atoms with Gasteiger partial charge in [-0.05, 0) is 63.2 Å². The third-order valence-electron chi connectivity index (χ3n) is 6.97. The standard InChI is InChI=1S/C17H29NO2/c1-12(18-2-4-20-5-3-18)16(19)17-9-13-6-14(10-17)8-15(7-13)11-17/h12-16,19H,2-11H2,1H3/p+1/t12-,13?,14?,15?,16-,17?/m0/s1. The Morgan fingerprint density at radius 1 is 1.00 bits per heavy atom. The second kappa shape index (κ2) is 4.96. The van der Waals surface area contributed by atoms with E-state index in [2.05, 4.69) is 6.92 Å². The molecule has 4 aliphatic carbocycles. The van der Waals surface area contributed by atoms with Gasteiger partial charge in [0.25, 0.3) is 0 Å². The number of aliphatic hydroxyl groups is 1. The summed E-state index contributed by atoms with van der Waals surface area (Å²) in [6, 6.07) is 0.384. The molecule has 114 valence electrons. The van der Waals surface area contributed by atoms with Gasteiger partial charge < -0.3 is 14.7 Å². The van der Waals surface area contributed by atoms with Crippen LogP contribution in [0, 0.1) is 23.2 Å². The van der Waals surface area contributed by atoms with Crippen molar-refractivity contribution in [1.29, 1.82) is 0 Å². The first-order valence-electron chi connectivity index (χ1n) is 8.77. The molecule has 5 aliphatic rings. The third kappa shape index (κ3) is 2.13. The van der Waals surface area contributed by atoms with Crippen LogP contribution < -0.4 is 4.90 Å². The van der Waals surface area contributed by atoms with E-state index in [0.717, 1.165) is 44.1 Å². The number of aliphatic hydroxyl groups excluding tert-OH is 1. The third-order valence-corrected chi connectivity index (χ3v) is 6.97. The molecule has 0 aromatic heterocycles. The van der Waals surface area contributed by atoms with Crippen LogP contribution in [0.1, 0.15) is 45.4 Å². The van der Waals surface area contributed by atoms with Crippen molar-refractivity contribution in [3.8, 4) is 0 Å². The van der Waals surface area contributed by atoms with Crippen molar-refractivity contribution in [1.82, 2.24) is 0 Å². The maximum absolute atomic E-state index is 11.2. The Hall–Kier alpha value is -0.120. The molecule has 2 atom stereocenters. The normalized spacial score (nSPS) is 47.4. The van der Waals surface area contributed by atoms with Gasteiger partial charge in [-0.15, -0.1) is 0 Å². The van der Waals surface area contributed by atoms with E-state index in [4.69, 9.17) is 4.74 Å². The van der Waals surface area contributed by atoms with Crippen molar-refractivity contribution in [3.05, 3.63) is 0 Å². The number of quaternary nitrogens is 1. The van der Waals surface area contributed by atoms with Crippen molar-refractivity contribution >= 4 is 0 Å². The lowest BCUT2D eigenvalue weighted by molar-refractivity contribution is -0.935. The number of nitrogens with one attached hydrogen (secondary N) is 1. The van der Waals surface area contributed by atoms with Crippen molar-refractivity contribution in [2.45, 2.75) is 57.6 Å². The van der Waals surface area contributed by atoms with Crippen molar-refractivity contribution in [2.75, 3.05) is 26.3 Å². The molecule has 4 bridgehead atoms. The number of hydrogen-bond acceptors (Lipinski definition) is 2. The molecule has 0 spiro atoms. The summed E-state index contributed by atoms with van der Waals surface area (Å²) in [7, 11) is 0. The average molecular weight is 280 g/mol. The highest BCUT2D eigenvalue weighted by molar-refractivity contribution is 5.05. The zero-order valence-corrected chi connectivity index (χ0v) is 12.8. The topological polar surface area (TPSA) is 33.9 Å². The molecule has 0 aromatic rings. The maximum atomic E-state index is 11.2. The summed E-state index contributed by atoms with van der Waals surface area (Å²) in [5.41, 5.74) is 0.277. The molecule has 0 amide bonds. The predicted molar refractivity (Wildman–Crippen MR) is 77.6 cm³/mol. The molecule has 1 aliphatic heterocycles. The molecule has 1 saturated heterocycles. The van der Waals surface area contributed by atoms with Crippen molar-refractivity contribution in [2.24, 2.45) is 23.2 Å². The summed E-state index contributed by atoms with van der Waals surface area (Å²) in [6.07, 6.45) is 8.24. The van der Waals surface area contributed by atoms with Gasteiger partial charge in [0.05, 0.1) is 13.2 Å². The molecule has 3 nitrogen and oxygen atoms in total. The van der Waals surface area contributed by atoms with Crippen LogP contribution in [0.5, 0.6) is 0 Å². The van der Waals surface area contributed by atoms with Crippen molar-refractivity contribution < 1.29 is 14.7 Å². The Labute approximate surface area is 122 Å². The first kappa shape index (κ1) is 13.5. The molecular formula is C17H30NO2+. The molecule has 2 N–H and O–H groups in total. The SMILES string of the molecule is C[C@@H]([C@H](O)C12CC3CC(CC(C3)C1)C2)[NH+]1CCOCC1. The van der Waals surface area contributed by atoms with Crippen LogP contribution in [0.25, 0.3) is 0 Å². The number of morpholine rings is 1. The van der Waals surface area contributed by atoms with E-state index < -0.39 is 0 Å². The fraction of sp³-hybridized carbons (Fsp3) is 1.00. The van der Waals surface area contributed by atoms with Crippen LogP contribution in [-0.4, -0.2) is 43.6 Å². The Morgan fingerprint density at radius 3 is 2.00 bits per heavy atom. The van der Waals surface area contributed by atoms with Gasteiger partial charge in [-0.3, -0.25) is 0 Å². The van der Waals surface area contributed by atoms with E-state index in [1.165, 1.54) is 38.5 Å². The molecule has 5 rings (SSSR count). The number of ether oxygens (including phenoxy) is 1. The fourth-order valence-corrected chi connectivity index (χ4v) is 6.38. The van der Waals surface area contributed by atoms with Crippen LogP contribution >= 0.6 is 0 Å². The van der Waals surface area contributed by atoms with Gasteiger partial charge in [0, 0.05) is 5.41 Å². The van der Waals surface area contributed by atoms with E-state index in [1.54, 1.807) is 4.90 Å². The Morgan fingerprint density at radius 2 is 1.50 bits per heavy atom. The van der Waals surface area contributed by atoms with E-state index in [1.807, 2.05) is 0 Å². The average Bonchev–Trinajstić information content (AvgIpc) is 2.45. The Kier molecular flexibility index (Phi) is 3.36. The highest BCUT2D eigenvalue weighted by Gasteiger charge is 2.56. The highest BCUT2D eigenvalue weighted by Crippen LogP contribution is 2.61. The van der Waals surface area contributed by atoms with E-state index in [-0.39, 0.29) is 11.5 Å². The molecule has 5 fully saturated rings. The largest absolute Gasteiger partial charge is 0.386 e. The smallest absolute Gasteiger partial charge is 0.112 e. The highest BCUT2D eigenvalue weighted by atomic mass is 16.5. The monoisotopic (exact) mass is 280 g/mol. The van der Waals surface area contributed by atoms with Gasteiger partial charge >= 0.3 is 0 Å². The van der Waals surface area contributed by atoms with Crippen molar-refractivity contribution in [3.63, 3.8) is 0 Å². The number of rotatable bonds is 3. The summed E-state index contributed by atoms with van der Waals surface area (Å²) in [4.78, 5) is 1.57. The van der Waals surface area contributed by atoms with Gasteiger partial charge in [0.2, 0.25) is 0 Å². The fourth-order valence-electron chi connectivity index (χ4n) is 6.38. The van der Waals surface area contributed by atoms with Gasteiger partial charge in [0.15, 0.2) is 0 Å². The van der Waals surface area contributed by atoms with Gasteiger partial charge in [-0.1, -0.05) is 0 Å². The van der Waals surface area contributed by atoms with Crippen LogP contribution in [0.3, 0.4) is 0 Å². The molecule has 20 heavy (non-hydrogen) atoms. The summed E-state index contributed by atoms with van der Waals surface area (Å²) < 4.78 is 5.48. The van der Waals surface area contributed by atoms with Gasteiger partial charge in [0.1, 0.15) is 25.2 Å². The lowest BCUT2D eigenvalue weighted by Crippen LogP contribution is -3.18. The first-order valence-corrected chi connectivity index (χ1v) is 8.77. The Bertz CT molecular complexity index is 329. The zero-order valence-electron chi connectivity index (χ0n) is 12.8. The van der Waals surface area contributed by atoms with Crippen LogP contribution in [0.15, 0.2) is 0 Å². The molecule has 3 heteroatoms.